The average molecular weight is 196 g/mol. The molecule has 0 aromatic heterocycles. The van der Waals surface area contributed by atoms with Gasteiger partial charge in [0.1, 0.15) is 0 Å². The first kappa shape index (κ1) is 9.97. The molecule has 0 unspecified atom stereocenters. The highest BCUT2D eigenvalue weighted by Crippen LogP contribution is 2.27. The summed E-state index contributed by atoms with van der Waals surface area (Å²) in [6.07, 6.45) is 8.36. The van der Waals surface area contributed by atoms with E-state index in [1.165, 1.54) is 32.1 Å². The highest BCUT2D eigenvalue weighted by Gasteiger charge is 2.39. The molecule has 3 heteroatoms. The van der Waals surface area contributed by atoms with Crippen molar-refractivity contribution in [3.05, 3.63) is 0 Å². The van der Waals surface area contributed by atoms with Crippen LogP contribution in [0, 0.1) is 0 Å². The third kappa shape index (κ3) is 1.92. The highest BCUT2D eigenvalue weighted by atomic mass is 16.2. The van der Waals surface area contributed by atoms with Gasteiger partial charge in [0, 0.05) is 13.1 Å². The van der Waals surface area contributed by atoms with Gasteiger partial charge in [0.05, 0.1) is 5.54 Å². The van der Waals surface area contributed by atoms with Gasteiger partial charge in [-0.1, -0.05) is 32.1 Å². The Morgan fingerprint density at radius 3 is 2.21 bits per heavy atom. The van der Waals surface area contributed by atoms with Gasteiger partial charge in [0.2, 0.25) is 5.91 Å². The molecule has 0 atom stereocenters. The smallest absolute Gasteiger partial charge is 0.240 e. The van der Waals surface area contributed by atoms with E-state index in [1.807, 2.05) is 0 Å². The van der Waals surface area contributed by atoms with Gasteiger partial charge in [-0.05, 0) is 12.8 Å². The number of rotatable bonds is 0. The molecule has 1 saturated heterocycles. The molecule has 0 bridgehead atoms. The predicted molar refractivity (Wildman–Crippen MR) is 56.1 cm³/mol. The van der Waals surface area contributed by atoms with E-state index in [2.05, 4.69) is 10.6 Å². The van der Waals surface area contributed by atoms with Crippen molar-refractivity contribution in [3.8, 4) is 0 Å². The summed E-state index contributed by atoms with van der Waals surface area (Å²) in [5.41, 5.74) is -0.210. The normalized spacial score (nSPS) is 27.9. The van der Waals surface area contributed by atoms with Crippen LogP contribution in [0.5, 0.6) is 0 Å². The molecule has 2 rings (SSSR count). The van der Waals surface area contributed by atoms with Gasteiger partial charge in [-0.3, -0.25) is 4.79 Å². The van der Waals surface area contributed by atoms with E-state index in [1.54, 1.807) is 0 Å². The SMILES string of the molecule is O=C1NCCNC12CCCCCCC2. The van der Waals surface area contributed by atoms with Crippen LogP contribution in [0.3, 0.4) is 0 Å². The van der Waals surface area contributed by atoms with Crippen molar-refractivity contribution in [1.29, 1.82) is 0 Å². The zero-order valence-corrected chi connectivity index (χ0v) is 8.77. The van der Waals surface area contributed by atoms with Crippen LogP contribution >= 0.6 is 0 Å². The lowest BCUT2D eigenvalue weighted by atomic mass is 9.82. The lowest BCUT2D eigenvalue weighted by molar-refractivity contribution is -0.130. The van der Waals surface area contributed by atoms with Crippen LogP contribution in [0.1, 0.15) is 44.9 Å². The monoisotopic (exact) mass is 196 g/mol. The van der Waals surface area contributed by atoms with Crippen molar-refractivity contribution in [2.75, 3.05) is 13.1 Å². The molecule has 1 aliphatic carbocycles. The van der Waals surface area contributed by atoms with Gasteiger partial charge in [-0.15, -0.1) is 0 Å². The molecule has 1 heterocycles. The minimum absolute atomic E-state index is 0.210. The maximum absolute atomic E-state index is 11.9. The zero-order valence-electron chi connectivity index (χ0n) is 8.77. The Bertz CT molecular complexity index is 207. The molecule has 2 aliphatic rings. The fraction of sp³-hybridized carbons (Fsp3) is 0.909. The quantitative estimate of drug-likeness (QED) is 0.611. The molecule has 0 aromatic carbocycles. The molecule has 3 nitrogen and oxygen atoms in total. The van der Waals surface area contributed by atoms with Crippen molar-refractivity contribution in [2.24, 2.45) is 0 Å². The van der Waals surface area contributed by atoms with Gasteiger partial charge >= 0.3 is 0 Å². The Hall–Kier alpha value is -0.570. The molecule has 2 fully saturated rings. The van der Waals surface area contributed by atoms with Crippen LogP contribution in [0.2, 0.25) is 0 Å². The van der Waals surface area contributed by atoms with E-state index in [9.17, 15) is 4.79 Å². The van der Waals surface area contributed by atoms with E-state index in [0.717, 1.165) is 25.9 Å². The summed E-state index contributed by atoms with van der Waals surface area (Å²) >= 11 is 0. The van der Waals surface area contributed by atoms with E-state index < -0.39 is 0 Å². The molecule has 0 aromatic rings. The van der Waals surface area contributed by atoms with E-state index in [0.29, 0.717) is 0 Å². The van der Waals surface area contributed by atoms with Crippen molar-refractivity contribution < 1.29 is 4.79 Å². The van der Waals surface area contributed by atoms with Gasteiger partial charge < -0.3 is 10.6 Å². The number of amides is 1. The maximum atomic E-state index is 11.9. The van der Waals surface area contributed by atoms with E-state index >= 15 is 0 Å². The summed E-state index contributed by atoms with van der Waals surface area (Å²) in [5, 5.41) is 6.43. The molecule has 14 heavy (non-hydrogen) atoms. The number of hydrogen-bond acceptors (Lipinski definition) is 2. The summed E-state index contributed by atoms with van der Waals surface area (Å²) < 4.78 is 0. The molecule has 1 amide bonds. The molecule has 80 valence electrons. The van der Waals surface area contributed by atoms with Gasteiger partial charge in [0.25, 0.3) is 0 Å². The van der Waals surface area contributed by atoms with Crippen LogP contribution in [0.25, 0.3) is 0 Å². The summed E-state index contributed by atoms with van der Waals surface area (Å²) in [5.74, 6) is 0.241. The van der Waals surface area contributed by atoms with Gasteiger partial charge in [-0.25, -0.2) is 0 Å². The second-order valence-electron chi connectivity index (χ2n) is 4.53. The summed E-state index contributed by atoms with van der Waals surface area (Å²) in [6, 6.07) is 0. The Morgan fingerprint density at radius 2 is 1.57 bits per heavy atom. The summed E-state index contributed by atoms with van der Waals surface area (Å²) in [6.45, 7) is 1.73. The number of carbonyl (C=O) groups excluding carboxylic acids is 1. The third-order valence-electron chi connectivity index (χ3n) is 3.52. The van der Waals surface area contributed by atoms with Crippen LogP contribution < -0.4 is 10.6 Å². The Kier molecular flexibility index (Phi) is 3.06. The Morgan fingerprint density at radius 1 is 0.929 bits per heavy atom. The summed E-state index contributed by atoms with van der Waals surface area (Å²) in [4.78, 5) is 11.9. The number of carbonyl (C=O) groups is 1. The molecule has 0 radical (unpaired) electrons. The molecule has 1 spiro atoms. The molecular formula is C11H20N2O. The Balaban J connectivity index is 2.04. The van der Waals surface area contributed by atoms with Crippen LogP contribution in [-0.4, -0.2) is 24.5 Å². The topological polar surface area (TPSA) is 41.1 Å². The van der Waals surface area contributed by atoms with E-state index in [4.69, 9.17) is 0 Å². The molecular weight excluding hydrogens is 176 g/mol. The second-order valence-corrected chi connectivity index (χ2v) is 4.53. The van der Waals surface area contributed by atoms with Crippen molar-refractivity contribution in [1.82, 2.24) is 10.6 Å². The van der Waals surface area contributed by atoms with Crippen molar-refractivity contribution in [3.63, 3.8) is 0 Å². The minimum atomic E-state index is -0.210. The first-order chi connectivity index (χ1) is 6.83. The van der Waals surface area contributed by atoms with Crippen molar-refractivity contribution in [2.45, 2.75) is 50.5 Å². The Labute approximate surface area is 85.6 Å². The lowest BCUT2D eigenvalue weighted by Crippen LogP contribution is -2.63. The number of nitrogens with one attached hydrogen (secondary N) is 2. The van der Waals surface area contributed by atoms with Crippen LogP contribution in [-0.2, 0) is 4.79 Å². The zero-order chi connectivity index (χ0) is 9.86. The summed E-state index contributed by atoms with van der Waals surface area (Å²) in [7, 11) is 0. The van der Waals surface area contributed by atoms with Crippen molar-refractivity contribution >= 4 is 5.91 Å². The largest absolute Gasteiger partial charge is 0.353 e. The molecule has 1 aliphatic heterocycles. The first-order valence-corrected chi connectivity index (χ1v) is 5.87. The van der Waals surface area contributed by atoms with Gasteiger partial charge in [-0.2, -0.15) is 0 Å². The standard InChI is InChI=1S/C11H20N2O/c14-10-11(13-9-8-12-10)6-4-2-1-3-5-7-11/h13H,1-9H2,(H,12,14). The average Bonchev–Trinajstić information content (AvgIpc) is 2.15. The molecule has 2 N–H and O–H groups in total. The number of hydrogen-bond donors (Lipinski definition) is 2. The van der Waals surface area contributed by atoms with Crippen LogP contribution in [0.15, 0.2) is 0 Å². The van der Waals surface area contributed by atoms with Crippen LogP contribution in [0.4, 0.5) is 0 Å². The highest BCUT2D eigenvalue weighted by molar-refractivity contribution is 5.87. The minimum Gasteiger partial charge on any atom is -0.353 e. The van der Waals surface area contributed by atoms with Gasteiger partial charge in [0.15, 0.2) is 0 Å². The third-order valence-corrected chi connectivity index (χ3v) is 3.52. The lowest BCUT2D eigenvalue weighted by Gasteiger charge is -2.38. The van der Waals surface area contributed by atoms with E-state index in [-0.39, 0.29) is 11.4 Å². The fourth-order valence-electron chi connectivity index (χ4n) is 2.64. The number of piperazine rings is 1. The molecule has 1 saturated carbocycles. The fourth-order valence-corrected chi connectivity index (χ4v) is 2.64. The first-order valence-electron chi connectivity index (χ1n) is 5.87. The maximum Gasteiger partial charge on any atom is 0.240 e. The predicted octanol–water partition coefficient (Wildman–Crippen LogP) is 1.19. The second kappa shape index (κ2) is 4.30.